The number of hydrogen-bond acceptors (Lipinski definition) is 6. The quantitative estimate of drug-likeness (QED) is 0.203. The van der Waals surface area contributed by atoms with Crippen LogP contribution in [0.5, 0.6) is 0 Å². The van der Waals surface area contributed by atoms with E-state index in [1.54, 1.807) is 31.8 Å². The zero-order chi connectivity index (χ0) is 27.0. The van der Waals surface area contributed by atoms with Gasteiger partial charge in [-0.3, -0.25) is 9.78 Å². The van der Waals surface area contributed by atoms with Gasteiger partial charge in [-0.2, -0.15) is 0 Å². The highest BCUT2D eigenvalue weighted by molar-refractivity contribution is 7.98. The number of benzene rings is 3. The molecule has 192 valence electrons. The van der Waals surface area contributed by atoms with Crippen molar-refractivity contribution >= 4 is 38.5 Å². The molecule has 4 rings (SSSR count). The number of aromatic nitrogens is 1. The molecular weight excluding hydrogens is 502 g/mol. The lowest BCUT2D eigenvalue weighted by atomic mass is 9.75. The minimum Gasteiger partial charge on any atom is -0.468 e. The van der Waals surface area contributed by atoms with Crippen molar-refractivity contribution in [2.24, 2.45) is 0 Å². The van der Waals surface area contributed by atoms with Gasteiger partial charge in [0.15, 0.2) is 9.84 Å². The molecule has 0 aliphatic rings. The number of pyridine rings is 1. The number of carbonyl (C=O) groups is 1. The van der Waals surface area contributed by atoms with E-state index in [1.807, 2.05) is 86.0 Å². The molecule has 0 amide bonds. The van der Waals surface area contributed by atoms with Crippen LogP contribution in [0.15, 0.2) is 83.9 Å². The SMILES string of the molecule is COC(=O)C(C)(c1ccc(SC)cc1)c1cccc(-c2cc(C(C)(C)S(C)(=O)=O)cc3cccnc23)c1. The Morgan fingerprint density at radius 3 is 2.22 bits per heavy atom. The number of esters is 1. The highest BCUT2D eigenvalue weighted by Gasteiger charge is 2.39. The molecule has 0 fully saturated rings. The number of hydrogen-bond donors (Lipinski definition) is 0. The van der Waals surface area contributed by atoms with Crippen LogP contribution in [0.3, 0.4) is 0 Å². The highest BCUT2D eigenvalue weighted by Crippen LogP contribution is 2.39. The van der Waals surface area contributed by atoms with Gasteiger partial charge in [0.05, 0.1) is 17.4 Å². The summed E-state index contributed by atoms with van der Waals surface area (Å²) in [6.07, 6.45) is 4.99. The van der Waals surface area contributed by atoms with Crippen molar-refractivity contribution in [3.05, 3.63) is 95.7 Å². The Balaban J connectivity index is 1.96. The number of sulfone groups is 1. The van der Waals surface area contributed by atoms with E-state index >= 15 is 0 Å². The Morgan fingerprint density at radius 1 is 0.892 bits per heavy atom. The van der Waals surface area contributed by atoms with E-state index < -0.39 is 20.0 Å². The fourth-order valence-electron chi connectivity index (χ4n) is 4.50. The zero-order valence-corrected chi connectivity index (χ0v) is 23.5. The number of fused-ring (bicyclic) bond motifs is 1. The summed E-state index contributed by atoms with van der Waals surface area (Å²) in [5.41, 5.74) is 3.62. The summed E-state index contributed by atoms with van der Waals surface area (Å²) in [6.45, 7) is 5.30. The molecule has 0 saturated carbocycles. The molecule has 4 aromatic rings. The van der Waals surface area contributed by atoms with Crippen LogP contribution >= 0.6 is 11.8 Å². The van der Waals surface area contributed by atoms with Crippen molar-refractivity contribution in [3.63, 3.8) is 0 Å². The van der Waals surface area contributed by atoms with Crippen LogP contribution in [0.1, 0.15) is 37.5 Å². The molecule has 1 unspecified atom stereocenters. The zero-order valence-electron chi connectivity index (χ0n) is 21.9. The first-order chi connectivity index (χ1) is 17.4. The molecule has 3 aromatic carbocycles. The number of ether oxygens (including phenoxy) is 1. The Bertz CT molecular complexity index is 1580. The van der Waals surface area contributed by atoms with Gasteiger partial charge in [-0.05, 0) is 85.7 Å². The van der Waals surface area contributed by atoms with Gasteiger partial charge in [0.1, 0.15) is 5.41 Å². The topological polar surface area (TPSA) is 73.3 Å². The Labute approximate surface area is 223 Å². The van der Waals surface area contributed by atoms with E-state index in [0.29, 0.717) is 5.56 Å². The van der Waals surface area contributed by atoms with E-state index in [1.165, 1.54) is 13.4 Å². The number of carbonyl (C=O) groups excluding carboxylic acids is 1. The Kier molecular flexibility index (Phi) is 7.23. The van der Waals surface area contributed by atoms with Crippen LogP contribution in [-0.2, 0) is 29.5 Å². The number of nitrogens with zero attached hydrogens (tertiary/aromatic N) is 1. The van der Waals surface area contributed by atoms with Crippen LogP contribution in [0.2, 0.25) is 0 Å². The summed E-state index contributed by atoms with van der Waals surface area (Å²) in [7, 11) is -2.00. The van der Waals surface area contributed by atoms with Gasteiger partial charge in [0, 0.05) is 28.3 Å². The van der Waals surface area contributed by atoms with Gasteiger partial charge in [-0.1, -0.05) is 36.4 Å². The molecule has 0 aliphatic heterocycles. The summed E-state index contributed by atoms with van der Waals surface area (Å²) in [5, 5.41) is 0.848. The standard InChI is InChI=1S/C30H31NO4S2/c1-29(2,37(6,33)34)24-18-21-10-8-16-31-27(21)26(19-24)20-9-7-11-23(17-20)30(3,28(32)35-4)22-12-14-25(36-5)15-13-22/h7-19H,1-6H3. The second-order valence-electron chi connectivity index (χ2n) is 9.81. The van der Waals surface area contributed by atoms with Gasteiger partial charge in [0.2, 0.25) is 0 Å². The summed E-state index contributed by atoms with van der Waals surface area (Å²) in [5.74, 6) is -0.364. The second kappa shape index (κ2) is 9.95. The Morgan fingerprint density at radius 2 is 1.59 bits per heavy atom. The molecule has 0 spiro atoms. The van der Waals surface area contributed by atoms with Gasteiger partial charge < -0.3 is 4.74 Å². The number of rotatable bonds is 7. The van der Waals surface area contributed by atoms with Gasteiger partial charge >= 0.3 is 5.97 Å². The monoisotopic (exact) mass is 533 g/mol. The fraction of sp³-hybridized carbons (Fsp3) is 0.267. The second-order valence-corrected chi connectivity index (χ2v) is 13.3. The molecule has 0 aliphatic carbocycles. The maximum absolute atomic E-state index is 13.2. The molecule has 37 heavy (non-hydrogen) atoms. The molecule has 0 bridgehead atoms. The van der Waals surface area contributed by atoms with Gasteiger partial charge in [-0.25, -0.2) is 8.42 Å². The maximum atomic E-state index is 13.2. The van der Waals surface area contributed by atoms with E-state index in [9.17, 15) is 13.2 Å². The Hall–Kier alpha value is -3.16. The van der Waals surface area contributed by atoms with Crippen molar-refractivity contribution in [2.45, 2.75) is 35.8 Å². The average Bonchev–Trinajstić information content (AvgIpc) is 2.90. The van der Waals surface area contributed by atoms with Crippen LogP contribution in [0.4, 0.5) is 0 Å². The lowest BCUT2D eigenvalue weighted by molar-refractivity contribution is -0.145. The lowest BCUT2D eigenvalue weighted by Gasteiger charge is -2.29. The first-order valence-corrected chi connectivity index (χ1v) is 15.0. The molecule has 0 radical (unpaired) electrons. The van der Waals surface area contributed by atoms with Crippen LogP contribution in [0.25, 0.3) is 22.0 Å². The van der Waals surface area contributed by atoms with Crippen molar-refractivity contribution in [3.8, 4) is 11.1 Å². The van der Waals surface area contributed by atoms with Crippen molar-refractivity contribution in [1.82, 2.24) is 4.98 Å². The largest absolute Gasteiger partial charge is 0.468 e. The highest BCUT2D eigenvalue weighted by atomic mass is 32.2. The van der Waals surface area contributed by atoms with E-state index in [2.05, 4.69) is 4.98 Å². The summed E-state index contributed by atoms with van der Waals surface area (Å²) >= 11 is 1.64. The molecule has 0 N–H and O–H groups in total. The normalized spacial score (nSPS) is 13.8. The van der Waals surface area contributed by atoms with Crippen LogP contribution in [-0.4, -0.2) is 39.0 Å². The third kappa shape index (κ3) is 4.78. The van der Waals surface area contributed by atoms with Crippen LogP contribution < -0.4 is 0 Å². The number of thioether (sulfide) groups is 1. The van der Waals surface area contributed by atoms with E-state index in [4.69, 9.17) is 4.74 Å². The molecule has 1 aromatic heterocycles. The molecular formula is C30H31NO4S2. The number of methoxy groups -OCH3 is 1. The van der Waals surface area contributed by atoms with E-state index in [-0.39, 0.29) is 5.97 Å². The molecule has 5 nitrogen and oxygen atoms in total. The smallest absolute Gasteiger partial charge is 0.320 e. The maximum Gasteiger partial charge on any atom is 0.320 e. The van der Waals surface area contributed by atoms with Gasteiger partial charge in [-0.15, -0.1) is 11.8 Å². The molecule has 1 atom stereocenters. The van der Waals surface area contributed by atoms with Crippen molar-refractivity contribution in [1.29, 1.82) is 0 Å². The molecule has 7 heteroatoms. The third-order valence-corrected chi connectivity index (χ3v) is 10.2. The fourth-order valence-corrected chi connectivity index (χ4v) is 5.46. The third-order valence-electron chi connectivity index (χ3n) is 7.34. The lowest BCUT2D eigenvalue weighted by Crippen LogP contribution is -2.35. The summed E-state index contributed by atoms with van der Waals surface area (Å²) in [6, 6.07) is 23.2. The minimum absolute atomic E-state index is 0.364. The van der Waals surface area contributed by atoms with Crippen molar-refractivity contribution in [2.75, 3.05) is 19.6 Å². The van der Waals surface area contributed by atoms with Crippen LogP contribution in [0, 0.1) is 0 Å². The predicted molar refractivity (Wildman–Crippen MR) is 152 cm³/mol. The summed E-state index contributed by atoms with van der Waals surface area (Å²) < 4.78 is 29.5. The van der Waals surface area contributed by atoms with Crippen molar-refractivity contribution < 1.29 is 17.9 Å². The molecule has 1 heterocycles. The first-order valence-electron chi connectivity index (χ1n) is 11.9. The average molecular weight is 534 g/mol. The minimum atomic E-state index is -3.39. The van der Waals surface area contributed by atoms with Gasteiger partial charge in [0.25, 0.3) is 0 Å². The summed E-state index contributed by atoms with van der Waals surface area (Å²) in [4.78, 5) is 19.0. The van der Waals surface area contributed by atoms with E-state index in [0.717, 1.165) is 38.1 Å². The predicted octanol–water partition coefficient (Wildman–Crippen LogP) is 6.38. The first kappa shape index (κ1) is 26.9. The molecule has 0 saturated heterocycles.